The summed E-state index contributed by atoms with van der Waals surface area (Å²) >= 11 is 12.1. The molecular formula is C21H24Cl2O2. The van der Waals surface area contributed by atoms with Crippen molar-refractivity contribution in [3.8, 4) is 5.75 Å². The number of hydrogen-bond donors (Lipinski definition) is 1. The third-order valence-corrected chi connectivity index (χ3v) is 4.72. The van der Waals surface area contributed by atoms with Gasteiger partial charge in [0.25, 0.3) is 0 Å². The minimum atomic E-state index is -0.312. The maximum absolute atomic E-state index is 12.9. The number of hydrogen-bond acceptors (Lipinski definition) is 2. The van der Waals surface area contributed by atoms with E-state index in [0.29, 0.717) is 10.6 Å². The zero-order valence-corrected chi connectivity index (χ0v) is 16.8. The van der Waals surface area contributed by atoms with E-state index in [2.05, 4.69) is 34.6 Å². The summed E-state index contributed by atoms with van der Waals surface area (Å²) in [7, 11) is 0. The van der Waals surface area contributed by atoms with Gasteiger partial charge >= 0.3 is 0 Å². The summed E-state index contributed by atoms with van der Waals surface area (Å²) in [6, 6.07) is 9.96. The molecule has 2 aromatic carbocycles. The molecule has 0 unspecified atom stereocenters. The van der Waals surface area contributed by atoms with Crippen molar-refractivity contribution in [2.24, 2.45) is 5.41 Å². The maximum Gasteiger partial charge on any atom is 0.198 e. The molecule has 2 rings (SSSR count). The third-order valence-electron chi connectivity index (χ3n) is 4.17. The Bertz CT molecular complexity index is 802. The van der Waals surface area contributed by atoms with Gasteiger partial charge in [-0.25, -0.2) is 0 Å². The fourth-order valence-corrected chi connectivity index (χ4v) is 3.88. The highest BCUT2D eigenvalue weighted by molar-refractivity contribution is 6.37. The molecule has 0 aliphatic heterocycles. The van der Waals surface area contributed by atoms with E-state index in [9.17, 15) is 9.90 Å². The van der Waals surface area contributed by atoms with Crippen molar-refractivity contribution in [3.63, 3.8) is 0 Å². The average molecular weight is 379 g/mol. The van der Waals surface area contributed by atoms with Crippen molar-refractivity contribution in [2.45, 2.75) is 46.5 Å². The van der Waals surface area contributed by atoms with E-state index >= 15 is 0 Å². The lowest BCUT2D eigenvalue weighted by atomic mass is 9.72. The van der Waals surface area contributed by atoms with Gasteiger partial charge in [-0.1, -0.05) is 63.9 Å². The van der Waals surface area contributed by atoms with Gasteiger partial charge < -0.3 is 5.11 Å². The minimum Gasteiger partial charge on any atom is -0.507 e. The number of benzene rings is 2. The van der Waals surface area contributed by atoms with Crippen LogP contribution in [0.1, 0.15) is 62.5 Å². The second kappa shape index (κ2) is 7.01. The third kappa shape index (κ3) is 4.77. The summed E-state index contributed by atoms with van der Waals surface area (Å²) in [5.74, 6) is -0.362. The second-order valence-corrected chi connectivity index (χ2v) is 9.15. The van der Waals surface area contributed by atoms with E-state index in [1.807, 2.05) is 6.07 Å². The van der Waals surface area contributed by atoms with Gasteiger partial charge in [0.2, 0.25) is 0 Å². The molecule has 0 atom stereocenters. The second-order valence-electron chi connectivity index (χ2n) is 8.31. The predicted molar refractivity (Wildman–Crippen MR) is 105 cm³/mol. The van der Waals surface area contributed by atoms with Crippen LogP contribution in [-0.4, -0.2) is 10.9 Å². The molecule has 0 spiro atoms. The average Bonchev–Trinajstić information content (AvgIpc) is 2.44. The molecule has 0 aromatic heterocycles. The van der Waals surface area contributed by atoms with Gasteiger partial charge in [-0.05, 0) is 53.1 Å². The first-order chi connectivity index (χ1) is 11.4. The molecule has 0 fully saturated rings. The molecule has 2 aromatic rings. The maximum atomic E-state index is 12.9. The monoisotopic (exact) mass is 378 g/mol. The van der Waals surface area contributed by atoms with Crippen molar-refractivity contribution in [2.75, 3.05) is 0 Å². The molecule has 0 saturated heterocycles. The number of carbonyl (C=O) groups excluding carboxylic acids is 1. The van der Waals surface area contributed by atoms with Crippen LogP contribution in [0.15, 0.2) is 36.4 Å². The lowest BCUT2D eigenvalue weighted by Gasteiger charge is -2.33. The highest BCUT2D eigenvalue weighted by Crippen LogP contribution is 2.38. The summed E-state index contributed by atoms with van der Waals surface area (Å²) in [5, 5.41) is 11.0. The van der Waals surface area contributed by atoms with Gasteiger partial charge in [0.15, 0.2) is 5.78 Å². The SMILES string of the molecule is CC(C)(C)CC(C)(C)c1ccc(O)c(C(=O)c2ccc(Cl)cc2Cl)c1. The van der Waals surface area contributed by atoms with E-state index in [4.69, 9.17) is 23.2 Å². The number of ketones is 1. The largest absolute Gasteiger partial charge is 0.507 e. The molecule has 1 N–H and O–H groups in total. The number of phenolic OH excluding ortho intramolecular Hbond substituents is 1. The van der Waals surface area contributed by atoms with Crippen LogP contribution in [0.25, 0.3) is 0 Å². The van der Waals surface area contributed by atoms with Crippen LogP contribution in [0.4, 0.5) is 0 Å². The van der Waals surface area contributed by atoms with Crippen molar-refractivity contribution in [3.05, 3.63) is 63.1 Å². The van der Waals surface area contributed by atoms with Gasteiger partial charge in [0.1, 0.15) is 5.75 Å². The number of phenols is 1. The summed E-state index contributed by atoms with van der Waals surface area (Å²) in [5.41, 5.74) is 1.60. The summed E-state index contributed by atoms with van der Waals surface area (Å²) in [6.07, 6.45) is 0.945. The first kappa shape index (κ1) is 19.8. The molecule has 134 valence electrons. The zero-order chi connectivity index (χ0) is 19.0. The Kier molecular flexibility index (Phi) is 5.56. The van der Waals surface area contributed by atoms with Crippen LogP contribution in [0.3, 0.4) is 0 Å². The molecule has 0 amide bonds. The van der Waals surface area contributed by atoms with Crippen LogP contribution in [0.5, 0.6) is 5.75 Å². The van der Waals surface area contributed by atoms with E-state index < -0.39 is 0 Å². The Balaban J connectivity index is 2.47. The van der Waals surface area contributed by atoms with E-state index in [-0.39, 0.29) is 32.9 Å². The Morgan fingerprint density at radius 1 is 0.960 bits per heavy atom. The fraction of sp³-hybridized carbons (Fsp3) is 0.381. The molecular weight excluding hydrogens is 355 g/mol. The predicted octanol–water partition coefficient (Wildman–Crippen LogP) is 6.64. The standard InChI is InChI=1S/C21H24Cl2O2/c1-20(2,3)12-21(4,5)13-6-9-18(24)16(10-13)19(25)15-8-7-14(22)11-17(15)23/h6-11,24H,12H2,1-5H3. The van der Waals surface area contributed by atoms with Crippen molar-refractivity contribution >= 4 is 29.0 Å². The molecule has 0 aliphatic carbocycles. The Hall–Kier alpha value is -1.51. The quantitative estimate of drug-likeness (QED) is 0.604. The molecule has 0 radical (unpaired) electrons. The zero-order valence-electron chi connectivity index (χ0n) is 15.3. The Morgan fingerprint density at radius 2 is 1.60 bits per heavy atom. The number of rotatable bonds is 4. The highest BCUT2D eigenvalue weighted by Gasteiger charge is 2.29. The summed E-state index contributed by atoms with van der Waals surface area (Å²) in [4.78, 5) is 12.9. The first-order valence-corrected chi connectivity index (χ1v) is 8.99. The first-order valence-electron chi connectivity index (χ1n) is 8.24. The molecule has 0 saturated carbocycles. The molecule has 4 heteroatoms. The minimum absolute atomic E-state index is 0.0497. The number of halogens is 2. The van der Waals surface area contributed by atoms with Crippen LogP contribution in [-0.2, 0) is 5.41 Å². The van der Waals surface area contributed by atoms with Crippen LogP contribution < -0.4 is 0 Å². The van der Waals surface area contributed by atoms with Crippen molar-refractivity contribution < 1.29 is 9.90 Å². The van der Waals surface area contributed by atoms with Gasteiger partial charge in [-0.15, -0.1) is 0 Å². The van der Waals surface area contributed by atoms with Gasteiger partial charge in [0, 0.05) is 10.6 Å². The van der Waals surface area contributed by atoms with Gasteiger partial charge in [-0.3, -0.25) is 4.79 Å². The van der Waals surface area contributed by atoms with E-state index in [1.54, 1.807) is 24.3 Å². The Morgan fingerprint density at radius 3 is 2.16 bits per heavy atom. The number of carbonyl (C=O) groups is 1. The molecule has 2 nitrogen and oxygen atoms in total. The van der Waals surface area contributed by atoms with Crippen LogP contribution in [0.2, 0.25) is 10.0 Å². The van der Waals surface area contributed by atoms with E-state index in [1.165, 1.54) is 6.07 Å². The molecule has 0 aliphatic rings. The van der Waals surface area contributed by atoms with Crippen LogP contribution in [0, 0.1) is 5.41 Å². The topological polar surface area (TPSA) is 37.3 Å². The van der Waals surface area contributed by atoms with Crippen molar-refractivity contribution in [1.82, 2.24) is 0 Å². The normalized spacial score (nSPS) is 12.3. The summed E-state index contributed by atoms with van der Waals surface area (Å²) in [6.45, 7) is 10.9. The highest BCUT2D eigenvalue weighted by atomic mass is 35.5. The number of aromatic hydroxyl groups is 1. The van der Waals surface area contributed by atoms with Crippen LogP contribution >= 0.6 is 23.2 Å². The molecule has 25 heavy (non-hydrogen) atoms. The molecule has 0 heterocycles. The van der Waals surface area contributed by atoms with Gasteiger partial charge in [-0.2, -0.15) is 0 Å². The summed E-state index contributed by atoms with van der Waals surface area (Å²) < 4.78 is 0. The lowest BCUT2D eigenvalue weighted by molar-refractivity contribution is 0.103. The molecule has 0 bridgehead atoms. The lowest BCUT2D eigenvalue weighted by Crippen LogP contribution is -2.25. The Labute approximate surface area is 159 Å². The smallest absolute Gasteiger partial charge is 0.198 e. The van der Waals surface area contributed by atoms with Crippen molar-refractivity contribution in [1.29, 1.82) is 0 Å². The fourth-order valence-electron chi connectivity index (χ4n) is 3.39. The van der Waals surface area contributed by atoms with Gasteiger partial charge in [0.05, 0.1) is 10.6 Å². The van der Waals surface area contributed by atoms with E-state index in [0.717, 1.165) is 12.0 Å².